The summed E-state index contributed by atoms with van der Waals surface area (Å²) in [6.45, 7) is 11.8. The highest BCUT2D eigenvalue weighted by Crippen LogP contribution is 2.23. The Morgan fingerprint density at radius 3 is 2.50 bits per heavy atom. The van der Waals surface area contributed by atoms with Gasteiger partial charge in [-0.3, -0.25) is 0 Å². The van der Waals surface area contributed by atoms with E-state index in [9.17, 15) is 0 Å². The normalized spacial score (nSPS) is 16.0. The number of anilines is 1. The first-order valence-electron chi connectivity index (χ1n) is 11.1. The van der Waals surface area contributed by atoms with Crippen LogP contribution in [0.4, 0.5) is 5.69 Å². The van der Waals surface area contributed by atoms with E-state index in [1.165, 1.54) is 22.4 Å². The molecule has 1 atom stereocenters. The molecule has 0 radical (unpaired) electrons. The zero-order chi connectivity index (χ0) is 20.9. The zero-order valence-corrected chi connectivity index (χ0v) is 18.4. The molecular weight excluding hydrogens is 372 g/mol. The quantitative estimate of drug-likeness (QED) is 0.656. The highest BCUT2D eigenvalue weighted by molar-refractivity contribution is 5.56. The minimum absolute atomic E-state index is 0.342. The van der Waals surface area contributed by atoms with E-state index >= 15 is 0 Å². The van der Waals surface area contributed by atoms with Gasteiger partial charge >= 0.3 is 0 Å². The molecule has 0 saturated carbocycles. The Labute approximate surface area is 179 Å². The topological polar surface area (TPSA) is 51.3 Å². The van der Waals surface area contributed by atoms with Crippen LogP contribution in [0.15, 0.2) is 48.5 Å². The lowest BCUT2D eigenvalue weighted by atomic mass is 10.1. The van der Waals surface area contributed by atoms with Gasteiger partial charge in [-0.25, -0.2) is 4.68 Å². The average Bonchev–Trinajstić information content (AvgIpc) is 3.22. The molecule has 0 spiro atoms. The molecule has 1 aromatic heterocycles. The third-order valence-corrected chi connectivity index (χ3v) is 6.44. The maximum Gasteiger partial charge on any atom is 0.209 e. The van der Waals surface area contributed by atoms with Gasteiger partial charge in [0.2, 0.25) is 5.82 Å². The molecule has 158 valence electrons. The summed E-state index contributed by atoms with van der Waals surface area (Å²) < 4.78 is 2.00. The molecule has 0 amide bonds. The molecule has 3 aromatic rings. The molecule has 4 rings (SSSR count). The first-order chi connectivity index (χ1) is 14.7. The lowest BCUT2D eigenvalue weighted by Crippen LogP contribution is -3.15. The first kappa shape index (κ1) is 20.5. The van der Waals surface area contributed by atoms with Crippen LogP contribution in [0.3, 0.4) is 0 Å². The number of hydrogen-bond acceptors (Lipinski definition) is 4. The lowest BCUT2D eigenvalue weighted by Gasteiger charge is -2.37. The molecule has 1 aliphatic rings. The monoisotopic (exact) mass is 405 g/mol. The number of hydrogen-bond donors (Lipinski definition) is 1. The standard InChI is InChI=1S/C24H32N6/c1-4-9-23(24-25-26-27-30(24)18-21-11-6-5-7-12-21)29-16-14-28(15-17-29)22-13-8-10-19(2)20(22)3/h5-8,10-13,23H,4,9,14-18H2,1-3H3/p+1/t23-/m0/s1. The second-order valence-corrected chi connectivity index (χ2v) is 8.39. The van der Waals surface area contributed by atoms with Crippen LogP contribution in [-0.4, -0.2) is 46.4 Å². The van der Waals surface area contributed by atoms with E-state index in [0.29, 0.717) is 6.04 Å². The molecular formula is C24H33N6+. The van der Waals surface area contributed by atoms with E-state index in [1.54, 1.807) is 4.90 Å². The number of benzene rings is 2. The SMILES string of the molecule is CCC[C@@H](c1nnnn1Cc1ccccc1)[NH+]1CCN(c2cccc(C)c2C)CC1. The second kappa shape index (κ2) is 9.39. The van der Waals surface area contributed by atoms with Crippen LogP contribution in [0.25, 0.3) is 0 Å². The van der Waals surface area contributed by atoms with Crippen LogP contribution in [-0.2, 0) is 6.54 Å². The fourth-order valence-electron chi connectivity index (χ4n) is 4.60. The van der Waals surface area contributed by atoms with E-state index in [2.05, 4.69) is 83.7 Å². The third-order valence-electron chi connectivity index (χ3n) is 6.44. The predicted molar refractivity (Wildman–Crippen MR) is 120 cm³/mol. The Kier molecular flexibility index (Phi) is 6.43. The van der Waals surface area contributed by atoms with Crippen LogP contribution in [0, 0.1) is 13.8 Å². The summed E-state index contributed by atoms with van der Waals surface area (Å²) in [5.41, 5.74) is 5.38. The zero-order valence-electron chi connectivity index (χ0n) is 18.4. The predicted octanol–water partition coefficient (Wildman–Crippen LogP) is 2.58. The van der Waals surface area contributed by atoms with Crippen LogP contribution in [0.1, 0.15) is 48.3 Å². The highest BCUT2D eigenvalue weighted by Gasteiger charge is 2.32. The summed E-state index contributed by atoms with van der Waals surface area (Å²) in [6.07, 6.45) is 2.24. The molecule has 2 aromatic carbocycles. The van der Waals surface area contributed by atoms with Gasteiger partial charge in [-0.1, -0.05) is 55.8 Å². The molecule has 1 fully saturated rings. The van der Waals surface area contributed by atoms with Gasteiger partial charge in [0, 0.05) is 12.1 Å². The molecule has 2 heterocycles. The molecule has 0 unspecified atom stereocenters. The summed E-state index contributed by atoms with van der Waals surface area (Å²) in [5, 5.41) is 12.8. The molecule has 1 aliphatic heterocycles. The minimum atomic E-state index is 0.342. The van der Waals surface area contributed by atoms with Crippen LogP contribution < -0.4 is 9.80 Å². The first-order valence-corrected chi connectivity index (χ1v) is 11.1. The number of quaternary nitrogens is 1. The van der Waals surface area contributed by atoms with Crippen molar-refractivity contribution in [2.24, 2.45) is 0 Å². The molecule has 0 aliphatic carbocycles. The maximum atomic E-state index is 4.48. The van der Waals surface area contributed by atoms with Gasteiger partial charge in [0.1, 0.15) is 6.04 Å². The number of tetrazole rings is 1. The number of piperazine rings is 1. The van der Waals surface area contributed by atoms with Crippen LogP contribution in [0.5, 0.6) is 0 Å². The van der Waals surface area contributed by atoms with Crippen molar-refractivity contribution in [3.63, 3.8) is 0 Å². The fraction of sp³-hybridized carbons (Fsp3) is 0.458. The van der Waals surface area contributed by atoms with E-state index in [-0.39, 0.29) is 0 Å². The highest BCUT2D eigenvalue weighted by atomic mass is 15.6. The van der Waals surface area contributed by atoms with Crippen LogP contribution >= 0.6 is 0 Å². The number of aromatic nitrogens is 4. The van der Waals surface area contributed by atoms with Crippen molar-refractivity contribution in [3.8, 4) is 0 Å². The molecule has 1 saturated heterocycles. The van der Waals surface area contributed by atoms with Gasteiger partial charge < -0.3 is 9.80 Å². The third kappa shape index (κ3) is 4.38. The van der Waals surface area contributed by atoms with Crippen molar-refractivity contribution in [1.82, 2.24) is 20.2 Å². The Morgan fingerprint density at radius 2 is 1.77 bits per heavy atom. The molecule has 0 bridgehead atoms. The van der Waals surface area contributed by atoms with Gasteiger partial charge in [0.15, 0.2) is 0 Å². The van der Waals surface area contributed by atoms with E-state index in [1.807, 2.05) is 10.7 Å². The number of rotatable bonds is 7. The second-order valence-electron chi connectivity index (χ2n) is 8.39. The Balaban J connectivity index is 1.49. The summed E-state index contributed by atoms with van der Waals surface area (Å²) in [5.74, 6) is 1.02. The van der Waals surface area contributed by atoms with Crippen molar-refractivity contribution >= 4 is 5.69 Å². The number of nitrogens with zero attached hydrogens (tertiary/aromatic N) is 5. The summed E-state index contributed by atoms with van der Waals surface area (Å²) in [6, 6.07) is 17.4. The summed E-state index contributed by atoms with van der Waals surface area (Å²) >= 11 is 0. The lowest BCUT2D eigenvalue weighted by molar-refractivity contribution is -0.933. The molecule has 6 heteroatoms. The van der Waals surface area contributed by atoms with Crippen molar-refractivity contribution in [1.29, 1.82) is 0 Å². The van der Waals surface area contributed by atoms with E-state index in [4.69, 9.17) is 0 Å². The Morgan fingerprint density at radius 1 is 1.00 bits per heavy atom. The fourth-order valence-corrected chi connectivity index (χ4v) is 4.60. The van der Waals surface area contributed by atoms with Crippen LogP contribution in [0.2, 0.25) is 0 Å². The van der Waals surface area contributed by atoms with Crippen molar-refractivity contribution in [2.75, 3.05) is 31.1 Å². The van der Waals surface area contributed by atoms with Crippen molar-refractivity contribution < 1.29 is 4.90 Å². The van der Waals surface area contributed by atoms with Crippen molar-refractivity contribution in [2.45, 2.75) is 46.2 Å². The minimum Gasteiger partial charge on any atom is -0.360 e. The summed E-state index contributed by atoms with van der Waals surface area (Å²) in [4.78, 5) is 4.14. The van der Waals surface area contributed by atoms with E-state index in [0.717, 1.165) is 51.4 Å². The van der Waals surface area contributed by atoms with Gasteiger partial charge in [-0.05, 0) is 47.0 Å². The average molecular weight is 406 g/mol. The summed E-state index contributed by atoms with van der Waals surface area (Å²) in [7, 11) is 0. The molecule has 30 heavy (non-hydrogen) atoms. The van der Waals surface area contributed by atoms with Gasteiger partial charge in [-0.2, -0.15) is 0 Å². The smallest absolute Gasteiger partial charge is 0.209 e. The van der Waals surface area contributed by atoms with Gasteiger partial charge in [-0.15, -0.1) is 5.10 Å². The van der Waals surface area contributed by atoms with Gasteiger partial charge in [0.05, 0.1) is 32.7 Å². The molecule has 6 nitrogen and oxygen atoms in total. The largest absolute Gasteiger partial charge is 0.360 e. The Hall–Kier alpha value is -2.73. The number of nitrogens with one attached hydrogen (secondary N) is 1. The number of aryl methyl sites for hydroxylation is 1. The Bertz CT molecular complexity index is 943. The molecule has 1 N–H and O–H groups in total. The van der Waals surface area contributed by atoms with E-state index < -0.39 is 0 Å². The maximum absolute atomic E-state index is 4.48. The van der Waals surface area contributed by atoms with Crippen molar-refractivity contribution in [3.05, 3.63) is 71.0 Å². The van der Waals surface area contributed by atoms with Gasteiger partial charge in [0.25, 0.3) is 0 Å².